The highest BCUT2D eigenvalue weighted by molar-refractivity contribution is 7.99. The van der Waals surface area contributed by atoms with Crippen LogP contribution in [0.3, 0.4) is 0 Å². The van der Waals surface area contributed by atoms with Crippen LogP contribution in [0.4, 0.5) is 0 Å². The topological polar surface area (TPSA) is 12.0 Å². The molecule has 2 rings (SSSR count). The molecule has 0 amide bonds. The zero-order valence-corrected chi connectivity index (χ0v) is 7.49. The van der Waals surface area contributed by atoms with Gasteiger partial charge in [-0.1, -0.05) is 18.6 Å². The van der Waals surface area contributed by atoms with Gasteiger partial charge in [-0.05, 0) is 12.8 Å². The zero-order valence-electron chi connectivity index (χ0n) is 5.85. The van der Waals surface area contributed by atoms with Gasteiger partial charge in [0.1, 0.15) is 0 Å². The zero-order chi connectivity index (χ0) is 7.03. The van der Waals surface area contributed by atoms with Crippen molar-refractivity contribution in [2.24, 2.45) is 5.41 Å². The first kappa shape index (κ1) is 6.92. The van der Waals surface area contributed by atoms with Crippen LogP contribution in [0.2, 0.25) is 0 Å². The lowest BCUT2D eigenvalue weighted by Crippen LogP contribution is -2.49. The largest absolute Gasteiger partial charge is 0.370 e. The maximum atomic E-state index is 5.27. The average Bonchev–Trinajstić information content (AvgIpc) is 1.85. The highest BCUT2D eigenvalue weighted by atomic mass is 32.2. The van der Waals surface area contributed by atoms with E-state index in [-0.39, 0.29) is 0 Å². The second-order valence-electron chi connectivity index (χ2n) is 3.13. The molecule has 0 atom stereocenters. The van der Waals surface area contributed by atoms with E-state index in [2.05, 4.69) is 5.32 Å². The molecule has 2 fully saturated rings. The fourth-order valence-electron chi connectivity index (χ4n) is 1.59. The van der Waals surface area contributed by atoms with Crippen molar-refractivity contribution >= 4 is 29.0 Å². The van der Waals surface area contributed by atoms with Gasteiger partial charge in [-0.3, -0.25) is 0 Å². The molecule has 0 aromatic rings. The minimum absolute atomic E-state index is 0.443. The van der Waals surface area contributed by atoms with E-state index in [4.69, 9.17) is 12.2 Å². The number of rotatable bonds is 0. The molecule has 1 spiro atoms. The molecule has 1 N–H and O–H groups in total. The summed E-state index contributed by atoms with van der Waals surface area (Å²) in [6.45, 7) is 0. The van der Waals surface area contributed by atoms with Gasteiger partial charge in [0.05, 0.1) is 10.9 Å². The van der Waals surface area contributed by atoms with E-state index in [1.165, 1.54) is 25.0 Å². The Labute approximate surface area is 70.9 Å². The highest BCUT2D eigenvalue weighted by Crippen LogP contribution is 2.45. The average molecular weight is 173 g/mol. The van der Waals surface area contributed by atoms with E-state index in [1.807, 2.05) is 11.8 Å². The van der Waals surface area contributed by atoms with Crippen molar-refractivity contribution in [2.45, 2.75) is 19.3 Å². The Morgan fingerprint density at radius 3 is 2.70 bits per heavy atom. The third-order valence-electron chi connectivity index (χ3n) is 2.51. The molecule has 56 valence electrons. The van der Waals surface area contributed by atoms with Gasteiger partial charge in [-0.15, -0.1) is 11.8 Å². The normalized spacial score (nSPS) is 29.4. The van der Waals surface area contributed by atoms with Crippen molar-refractivity contribution in [3.63, 3.8) is 0 Å². The molecule has 1 saturated heterocycles. The summed E-state index contributed by atoms with van der Waals surface area (Å²) in [6, 6.07) is 0. The molecule has 0 bridgehead atoms. The first-order valence-corrected chi connectivity index (χ1v) is 5.26. The molecule has 10 heavy (non-hydrogen) atoms. The van der Waals surface area contributed by atoms with Crippen LogP contribution in [0.1, 0.15) is 19.3 Å². The van der Waals surface area contributed by atoms with Gasteiger partial charge >= 0.3 is 0 Å². The molecule has 1 aliphatic carbocycles. The Hall–Kier alpha value is 0.240. The number of hydrogen-bond acceptors (Lipinski definition) is 2. The van der Waals surface area contributed by atoms with Crippen molar-refractivity contribution in [1.29, 1.82) is 0 Å². The van der Waals surface area contributed by atoms with Crippen LogP contribution in [0.5, 0.6) is 0 Å². The lowest BCUT2D eigenvalue weighted by molar-refractivity contribution is 0.264. The minimum atomic E-state index is 0.443. The van der Waals surface area contributed by atoms with Crippen molar-refractivity contribution in [3.05, 3.63) is 0 Å². The van der Waals surface area contributed by atoms with Crippen molar-refractivity contribution in [1.82, 2.24) is 5.32 Å². The molecule has 0 unspecified atom stereocenters. The fraction of sp³-hybridized carbons (Fsp3) is 0.857. The Morgan fingerprint density at radius 2 is 2.30 bits per heavy atom. The lowest BCUT2D eigenvalue weighted by Gasteiger charge is -2.45. The smallest absolute Gasteiger partial charge is 0.0830 e. The molecule has 1 nitrogen and oxygen atoms in total. The lowest BCUT2D eigenvalue weighted by atomic mass is 9.70. The second-order valence-corrected chi connectivity index (χ2v) is 4.53. The van der Waals surface area contributed by atoms with Crippen LogP contribution < -0.4 is 5.32 Å². The van der Waals surface area contributed by atoms with E-state index < -0.39 is 0 Å². The van der Waals surface area contributed by atoms with Gasteiger partial charge < -0.3 is 5.32 Å². The van der Waals surface area contributed by atoms with Gasteiger partial charge in [0.25, 0.3) is 0 Å². The van der Waals surface area contributed by atoms with E-state index in [0.29, 0.717) is 5.41 Å². The van der Waals surface area contributed by atoms with Crippen molar-refractivity contribution in [3.8, 4) is 0 Å². The predicted octanol–water partition coefficient (Wildman–Crippen LogP) is 1.78. The minimum Gasteiger partial charge on any atom is -0.370 e. The van der Waals surface area contributed by atoms with Crippen LogP contribution in [0.25, 0.3) is 0 Å². The Balaban J connectivity index is 2.10. The maximum absolute atomic E-state index is 5.27. The van der Waals surface area contributed by atoms with Crippen molar-refractivity contribution < 1.29 is 0 Å². The molecule has 0 aromatic carbocycles. The summed E-state index contributed by atoms with van der Waals surface area (Å²) in [5.41, 5.74) is 0.443. The number of thioether (sulfide) groups is 1. The number of hydrogen-bond donors (Lipinski definition) is 1. The fourth-order valence-corrected chi connectivity index (χ4v) is 3.29. The standard InChI is InChI=1S/C7H11NS2/c9-6-7(2-1-3-7)4-10-5-8-6/h1-5H2,(H,8,9). The molecule has 3 heteroatoms. The number of thiocarbonyl (C=S) groups is 1. The summed E-state index contributed by atoms with van der Waals surface area (Å²) >= 11 is 7.25. The third-order valence-corrected chi connectivity index (χ3v) is 4.19. The molecule has 1 heterocycles. The van der Waals surface area contributed by atoms with Crippen molar-refractivity contribution in [2.75, 3.05) is 11.6 Å². The molecular weight excluding hydrogens is 162 g/mol. The third kappa shape index (κ3) is 0.873. The van der Waals surface area contributed by atoms with Crippen LogP contribution in [0.15, 0.2) is 0 Å². The van der Waals surface area contributed by atoms with Gasteiger partial charge in [0, 0.05) is 11.2 Å². The Morgan fingerprint density at radius 1 is 1.50 bits per heavy atom. The summed E-state index contributed by atoms with van der Waals surface area (Å²) < 4.78 is 0. The van der Waals surface area contributed by atoms with E-state index in [1.54, 1.807) is 0 Å². The first-order valence-electron chi connectivity index (χ1n) is 3.70. The monoisotopic (exact) mass is 173 g/mol. The van der Waals surface area contributed by atoms with Crippen LogP contribution in [-0.2, 0) is 0 Å². The van der Waals surface area contributed by atoms with E-state index in [9.17, 15) is 0 Å². The van der Waals surface area contributed by atoms with Crippen LogP contribution in [0, 0.1) is 5.41 Å². The van der Waals surface area contributed by atoms with E-state index in [0.717, 1.165) is 10.9 Å². The Bertz CT molecular complexity index is 163. The molecule has 1 aliphatic heterocycles. The van der Waals surface area contributed by atoms with Crippen LogP contribution in [-0.4, -0.2) is 16.6 Å². The SMILES string of the molecule is S=C1NCSCC12CCC2. The highest BCUT2D eigenvalue weighted by Gasteiger charge is 2.42. The molecular formula is C7H11NS2. The molecule has 0 aromatic heterocycles. The van der Waals surface area contributed by atoms with Crippen LogP contribution >= 0.6 is 24.0 Å². The molecule has 0 radical (unpaired) electrons. The summed E-state index contributed by atoms with van der Waals surface area (Å²) in [5.74, 6) is 2.29. The van der Waals surface area contributed by atoms with Gasteiger partial charge in [0.2, 0.25) is 0 Å². The summed E-state index contributed by atoms with van der Waals surface area (Å²) in [5, 5.41) is 3.27. The summed E-state index contributed by atoms with van der Waals surface area (Å²) in [6.07, 6.45) is 4.03. The van der Waals surface area contributed by atoms with Gasteiger partial charge in [0.15, 0.2) is 0 Å². The predicted molar refractivity (Wildman–Crippen MR) is 49.3 cm³/mol. The quantitative estimate of drug-likeness (QED) is 0.561. The summed E-state index contributed by atoms with van der Waals surface area (Å²) in [4.78, 5) is 1.14. The summed E-state index contributed by atoms with van der Waals surface area (Å²) in [7, 11) is 0. The van der Waals surface area contributed by atoms with Gasteiger partial charge in [-0.2, -0.15) is 0 Å². The van der Waals surface area contributed by atoms with E-state index >= 15 is 0 Å². The maximum Gasteiger partial charge on any atom is 0.0830 e. The first-order chi connectivity index (χ1) is 4.83. The number of nitrogens with one attached hydrogen (secondary N) is 1. The Kier molecular flexibility index (Phi) is 1.65. The second kappa shape index (κ2) is 2.38. The molecule has 2 aliphatic rings. The van der Waals surface area contributed by atoms with Gasteiger partial charge in [-0.25, -0.2) is 0 Å². The molecule has 1 saturated carbocycles.